The van der Waals surface area contributed by atoms with Gasteiger partial charge >= 0.3 is 5.97 Å². The maximum Gasteiger partial charge on any atom is 0.305 e. The molecule has 0 aliphatic carbocycles. The van der Waals surface area contributed by atoms with Crippen LogP contribution in [0.1, 0.15) is 51.0 Å². The number of phenolic OH excluding ortho intramolecular Hbond substituents is 1. The first-order chi connectivity index (χ1) is 16.1. The number of esters is 1. The fraction of sp³-hybridized carbons (Fsp3) is 0.346. The molecular weight excluding hydrogens is 436 g/mol. The molecular formula is C26H34N2O6. The predicted molar refractivity (Wildman–Crippen MR) is 132 cm³/mol. The van der Waals surface area contributed by atoms with Gasteiger partial charge in [0, 0.05) is 18.7 Å². The van der Waals surface area contributed by atoms with Gasteiger partial charge in [0.05, 0.1) is 13.2 Å². The lowest BCUT2D eigenvalue weighted by atomic mass is 10.1. The summed E-state index contributed by atoms with van der Waals surface area (Å²) in [6.45, 7) is 7.99. The second kappa shape index (κ2) is 14.4. The van der Waals surface area contributed by atoms with E-state index < -0.39 is 5.91 Å². The van der Waals surface area contributed by atoms with Gasteiger partial charge < -0.3 is 25.4 Å². The molecule has 0 aliphatic rings. The average molecular weight is 471 g/mol. The lowest BCUT2D eigenvalue weighted by Gasteiger charge is -2.14. The van der Waals surface area contributed by atoms with Crippen molar-refractivity contribution in [3.63, 3.8) is 0 Å². The van der Waals surface area contributed by atoms with E-state index in [-0.39, 0.29) is 29.3 Å². The lowest BCUT2D eigenvalue weighted by molar-refractivity contribution is -0.148. The first-order valence-corrected chi connectivity index (χ1v) is 11.0. The van der Waals surface area contributed by atoms with E-state index in [1.807, 2.05) is 44.2 Å². The molecule has 0 saturated heterocycles. The number of benzene rings is 2. The van der Waals surface area contributed by atoms with Crippen LogP contribution < -0.4 is 10.5 Å². The minimum atomic E-state index is -0.786. The molecule has 3 aromatic rings. The molecule has 0 radical (unpaired) electrons. The van der Waals surface area contributed by atoms with Crippen molar-refractivity contribution in [1.82, 2.24) is 4.98 Å². The van der Waals surface area contributed by atoms with Crippen LogP contribution in [-0.2, 0) is 9.53 Å². The van der Waals surface area contributed by atoms with Crippen LogP contribution in [0.5, 0.6) is 17.2 Å². The van der Waals surface area contributed by atoms with E-state index >= 15 is 0 Å². The summed E-state index contributed by atoms with van der Waals surface area (Å²) in [7, 11) is 1.37. The fourth-order valence-corrected chi connectivity index (χ4v) is 2.98. The Hall–Kier alpha value is -3.81. The number of nitrogens with zero attached hydrogens (tertiary/aromatic N) is 1. The van der Waals surface area contributed by atoms with Crippen molar-refractivity contribution < 1.29 is 29.3 Å². The van der Waals surface area contributed by atoms with Gasteiger partial charge in [-0.2, -0.15) is 0 Å². The van der Waals surface area contributed by atoms with Gasteiger partial charge in [-0.25, -0.2) is 4.98 Å². The van der Waals surface area contributed by atoms with Crippen LogP contribution in [0.4, 0.5) is 0 Å². The van der Waals surface area contributed by atoms with E-state index in [1.165, 1.54) is 19.4 Å². The van der Waals surface area contributed by atoms with Crippen LogP contribution in [0.15, 0.2) is 54.7 Å². The summed E-state index contributed by atoms with van der Waals surface area (Å²) in [4.78, 5) is 25.0. The number of carbonyl (C=O) groups is 2. The number of methoxy groups -OCH3 is 1. The number of pyridine rings is 1. The highest BCUT2D eigenvalue weighted by Gasteiger charge is 2.12. The molecule has 1 amide bonds. The lowest BCUT2D eigenvalue weighted by Crippen LogP contribution is -2.15. The van der Waals surface area contributed by atoms with Crippen molar-refractivity contribution in [1.29, 1.82) is 0 Å². The number of hydrogen-bond acceptors (Lipinski definition) is 7. The van der Waals surface area contributed by atoms with Crippen LogP contribution in [-0.4, -0.2) is 40.3 Å². The van der Waals surface area contributed by atoms with Gasteiger partial charge in [0.15, 0.2) is 17.2 Å². The second-order valence-electron chi connectivity index (χ2n) is 7.89. The number of amides is 1. The normalized spacial score (nSPS) is 10.9. The Bertz CT molecular complexity index is 1070. The van der Waals surface area contributed by atoms with E-state index in [4.69, 9.17) is 20.3 Å². The summed E-state index contributed by atoms with van der Waals surface area (Å²) in [5.41, 5.74) is 4.74. The zero-order valence-corrected chi connectivity index (χ0v) is 20.3. The minimum Gasteiger partial charge on any atom is -0.508 e. The van der Waals surface area contributed by atoms with Crippen LogP contribution in [0, 0.1) is 5.92 Å². The molecule has 1 unspecified atom stereocenters. The zero-order valence-electron chi connectivity index (χ0n) is 20.3. The summed E-state index contributed by atoms with van der Waals surface area (Å²) < 4.78 is 9.81. The Morgan fingerprint density at radius 2 is 1.68 bits per heavy atom. The summed E-state index contributed by atoms with van der Waals surface area (Å²) in [6.07, 6.45) is 2.83. The zero-order chi connectivity index (χ0) is 25.7. The molecule has 1 heterocycles. The van der Waals surface area contributed by atoms with Gasteiger partial charge in [-0.3, -0.25) is 9.59 Å². The third-order valence-electron chi connectivity index (χ3n) is 4.50. The number of ether oxygens (including phenoxy) is 2. The molecule has 8 nitrogen and oxygen atoms in total. The molecule has 34 heavy (non-hydrogen) atoms. The number of phenols is 1. The van der Waals surface area contributed by atoms with E-state index in [0.717, 1.165) is 17.2 Å². The minimum absolute atomic E-state index is 0.0717. The second-order valence-corrected chi connectivity index (χ2v) is 7.89. The number of rotatable bonds is 6. The van der Waals surface area contributed by atoms with Crippen LogP contribution in [0.3, 0.4) is 0 Å². The quantitative estimate of drug-likeness (QED) is 0.440. The van der Waals surface area contributed by atoms with E-state index in [0.29, 0.717) is 18.1 Å². The maximum absolute atomic E-state index is 10.8. The third-order valence-corrected chi connectivity index (χ3v) is 4.50. The smallest absolute Gasteiger partial charge is 0.305 e. The standard InChI is InChI=1S/C10H8O.C9H18O2.C7H8N2O3/c11-10-6-5-8-3-1-2-4-9(8)7-10;1-5-9(10)11-8(4)6-7(2)3;1-12-4-2-3-9-5(6(4)10)7(8)11/h1-7,11H;7-8H,5-6H2,1-4H3;2-3,10H,1H3,(H2,8,11). The highest BCUT2D eigenvalue weighted by atomic mass is 16.5. The molecule has 3 rings (SSSR count). The predicted octanol–water partition coefficient (Wildman–Crippen LogP) is 4.81. The topological polar surface area (TPSA) is 132 Å². The number of aromatic nitrogens is 1. The highest BCUT2D eigenvalue weighted by Crippen LogP contribution is 2.26. The van der Waals surface area contributed by atoms with Gasteiger partial charge in [0.25, 0.3) is 5.91 Å². The molecule has 1 atom stereocenters. The van der Waals surface area contributed by atoms with Crippen LogP contribution in [0.2, 0.25) is 0 Å². The van der Waals surface area contributed by atoms with Crippen molar-refractivity contribution in [2.45, 2.75) is 46.6 Å². The Morgan fingerprint density at radius 3 is 2.24 bits per heavy atom. The molecule has 2 aromatic carbocycles. The van der Waals surface area contributed by atoms with Gasteiger partial charge in [-0.1, -0.05) is 51.1 Å². The van der Waals surface area contributed by atoms with Crippen molar-refractivity contribution in [3.05, 3.63) is 60.4 Å². The number of hydrogen-bond donors (Lipinski definition) is 3. The Labute approximate surface area is 200 Å². The van der Waals surface area contributed by atoms with Crippen LogP contribution in [0.25, 0.3) is 10.8 Å². The van der Waals surface area contributed by atoms with E-state index in [1.54, 1.807) is 12.1 Å². The summed E-state index contributed by atoms with van der Waals surface area (Å²) in [6, 6.07) is 14.7. The number of primary amides is 1. The van der Waals surface area contributed by atoms with Gasteiger partial charge in [-0.05, 0) is 42.2 Å². The molecule has 0 saturated carbocycles. The fourth-order valence-electron chi connectivity index (χ4n) is 2.98. The van der Waals surface area contributed by atoms with Crippen molar-refractivity contribution in [3.8, 4) is 17.2 Å². The highest BCUT2D eigenvalue weighted by molar-refractivity contribution is 5.94. The molecule has 1 aromatic heterocycles. The van der Waals surface area contributed by atoms with Gasteiger partial charge in [-0.15, -0.1) is 0 Å². The summed E-state index contributed by atoms with van der Waals surface area (Å²) in [5.74, 6) is -0.116. The van der Waals surface area contributed by atoms with Crippen molar-refractivity contribution in [2.24, 2.45) is 11.7 Å². The third kappa shape index (κ3) is 9.77. The molecule has 0 bridgehead atoms. The molecule has 184 valence electrons. The molecule has 0 fully saturated rings. The number of aromatic hydroxyl groups is 2. The van der Waals surface area contributed by atoms with E-state index in [2.05, 4.69) is 18.8 Å². The summed E-state index contributed by atoms with van der Waals surface area (Å²) in [5, 5.41) is 20.6. The SMILES string of the molecule is CCC(=O)OC(C)CC(C)C.COc1ccnc(C(N)=O)c1O.Oc1ccc2ccccc2c1. The molecule has 8 heteroatoms. The largest absolute Gasteiger partial charge is 0.508 e. The number of carbonyl (C=O) groups excluding carboxylic acids is 2. The van der Waals surface area contributed by atoms with Gasteiger partial charge in [0.1, 0.15) is 5.75 Å². The first kappa shape index (κ1) is 28.2. The first-order valence-electron chi connectivity index (χ1n) is 11.0. The monoisotopic (exact) mass is 470 g/mol. The summed E-state index contributed by atoms with van der Waals surface area (Å²) >= 11 is 0. The Kier molecular flexibility index (Phi) is 11.9. The van der Waals surface area contributed by atoms with Crippen molar-refractivity contribution in [2.75, 3.05) is 7.11 Å². The Balaban J connectivity index is 0.000000255. The average Bonchev–Trinajstić information content (AvgIpc) is 2.79. The molecule has 0 aliphatic heterocycles. The molecule has 0 spiro atoms. The van der Waals surface area contributed by atoms with E-state index in [9.17, 15) is 14.7 Å². The van der Waals surface area contributed by atoms with Crippen molar-refractivity contribution >= 4 is 22.6 Å². The van der Waals surface area contributed by atoms with Crippen LogP contribution >= 0.6 is 0 Å². The Morgan fingerprint density at radius 1 is 1.03 bits per heavy atom. The number of fused-ring (bicyclic) bond motifs is 1. The maximum atomic E-state index is 10.8. The molecule has 4 N–H and O–H groups in total. The number of nitrogens with two attached hydrogens (primary N) is 1. The van der Waals surface area contributed by atoms with Gasteiger partial charge in [0.2, 0.25) is 0 Å².